The van der Waals surface area contributed by atoms with E-state index < -0.39 is 10.8 Å². The van der Waals surface area contributed by atoms with Gasteiger partial charge < -0.3 is 0 Å². The molecule has 1 N–H and O–H groups in total. The van der Waals surface area contributed by atoms with Gasteiger partial charge in [-0.05, 0) is 17.7 Å². The first kappa shape index (κ1) is 15.4. The first-order chi connectivity index (χ1) is 10.7. The summed E-state index contributed by atoms with van der Waals surface area (Å²) < 4.78 is 0. The van der Waals surface area contributed by atoms with Gasteiger partial charge in [-0.2, -0.15) is 0 Å². The number of carbonyl (C=O) groups is 1. The van der Waals surface area contributed by atoms with Crippen molar-refractivity contribution >= 4 is 17.7 Å². The number of carbonyl (C=O) groups excluding carboxylic acids is 1. The minimum absolute atomic E-state index is 0.0586. The summed E-state index contributed by atoms with van der Waals surface area (Å²) in [6.07, 6.45) is 2.56. The molecule has 0 radical (unpaired) electrons. The van der Waals surface area contributed by atoms with E-state index in [4.69, 9.17) is 4.84 Å². The smallest absolute Gasteiger partial charge is 0.269 e. The molecular weight excluding hydrogens is 284 g/mol. The number of hydrogen-bond acceptors (Lipinski definition) is 4. The molecule has 6 heteroatoms. The van der Waals surface area contributed by atoms with E-state index in [1.807, 2.05) is 30.3 Å². The third-order valence-corrected chi connectivity index (χ3v) is 2.80. The van der Waals surface area contributed by atoms with E-state index in [1.165, 1.54) is 18.2 Å². The zero-order valence-corrected chi connectivity index (χ0v) is 11.6. The summed E-state index contributed by atoms with van der Waals surface area (Å²) >= 11 is 0. The van der Waals surface area contributed by atoms with Crippen LogP contribution in [0.4, 0.5) is 5.69 Å². The number of nitrogens with zero attached hydrogens (tertiary/aromatic N) is 1. The van der Waals surface area contributed by atoms with Crippen LogP contribution in [-0.2, 0) is 16.2 Å². The molecule has 0 aliphatic rings. The van der Waals surface area contributed by atoms with Crippen molar-refractivity contribution in [3.8, 4) is 0 Å². The quantitative estimate of drug-likeness (QED) is 0.505. The molecular formula is C16H14N2O4. The van der Waals surface area contributed by atoms with Crippen LogP contribution in [0, 0.1) is 10.1 Å². The fraction of sp³-hybridized carbons (Fsp3) is 0.0625. The Bertz CT molecular complexity index is 684. The molecule has 0 unspecified atom stereocenters. The minimum Gasteiger partial charge on any atom is -0.269 e. The van der Waals surface area contributed by atoms with Gasteiger partial charge >= 0.3 is 0 Å². The molecule has 0 bridgehead atoms. The second-order valence-electron chi connectivity index (χ2n) is 4.39. The Hall–Kier alpha value is -2.99. The first-order valence-corrected chi connectivity index (χ1v) is 6.54. The van der Waals surface area contributed by atoms with Crippen LogP contribution in [0.2, 0.25) is 0 Å². The van der Waals surface area contributed by atoms with Crippen LogP contribution in [0.25, 0.3) is 6.08 Å². The second kappa shape index (κ2) is 7.70. The van der Waals surface area contributed by atoms with Crippen molar-refractivity contribution in [3.63, 3.8) is 0 Å². The maximum atomic E-state index is 11.6. The van der Waals surface area contributed by atoms with Gasteiger partial charge in [-0.15, -0.1) is 0 Å². The number of para-hydroxylation sites is 1. The van der Waals surface area contributed by atoms with Crippen LogP contribution in [0.1, 0.15) is 11.1 Å². The Morgan fingerprint density at radius 1 is 1.14 bits per heavy atom. The molecule has 0 fully saturated rings. The van der Waals surface area contributed by atoms with Crippen molar-refractivity contribution < 1.29 is 14.6 Å². The van der Waals surface area contributed by atoms with Crippen LogP contribution < -0.4 is 5.48 Å². The lowest BCUT2D eigenvalue weighted by Crippen LogP contribution is -2.21. The number of benzene rings is 2. The van der Waals surface area contributed by atoms with E-state index in [-0.39, 0.29) is 12.3 Å². The van der Waals surface area contributed by atoms with Gasteiger partial charge in [0.1, 0.15) is 0 Å². The van der Waals surface area contributed by atoms with Crippen molar-refractivity contribution in [2.24, 2.45) is 0 Å². The van der Waals surface area contributed by atoms with Crippen molar-refractivity contribution in [1.82, 2.24) is 5.48 Å². The molecule has 0 aliphatic carbocycles. The van der Waals surface area contributed by atoms with Gasteiger partial charge in [0.05, 0.1) is 17.1 Å². The van der Waals surface area contributed by atoms with Crippen LogP contribution in [0.15, 0.2) is 60.7 Å². The Morgan fingerprint density at radius 2 is 1.82 bits per heavy atom. The van der Waals surface area contributed by atoms with E-state index in [9.17, 15) is 14.9 Å². The summed E-state index contributed by atoms with van der Waals surface area (Å²) in [6, 6.07) is 15.5. The molecule has 0 aliphatic heterocycles. The highest BCUT2D eigenvalue weighted by atomic mass is 16.6. The zero-order chi connectivity index (χ0) is 15.8. The zero-order valence-electron chi connectivity index (χ0n) is 11.6. The predicted octanol–water partition coefficient (Wildman–Crippen LogP) is 2.86. The summed E-state index contributed by atoms with van der Waals surface area (Å²) in [6.45, 7) is 0.242. The molecule has 2 aromatic carbocycles. The van der Waals surface area contributed by atoms with Crippen LogP contribution in [0.5, 0.6) is 0 Å². The largest absolute Gasteiger partial charge is 0.276 e. The van der Waals surface area contributed by atoms with Crippen molar-refractivity contribution in [1.29, 1.82) is 0 Å². The Labute approximate surface area is 127 Å². The lowest BCUT2D eigenvalue weighted by molar-refractivity contribution is -0.385. The Kier molecular flexibility index (Phi) is 5.39. The van der Waals surface area contributed by atoms with Crippen molar-refractivity contribution in [3.05, 3.63) is 81.9 Å². The summed E-state index contributed by atoms with van der Waals surface area (Å²) in [5.74, 6) is -0.492. The van der Waals surface area contributed by atoms with Crippen molar-refractivity contribution in [2.75, 3.05) is 0 Å². The summed E-state index contributed by atoms with van der Waals surface area (Å²) in [7, 11) is 0. The van der Waals surface area contributed by atoms with E-state index in [0.29, 0.717) is 5.56 Å². The van der Waals surface area contributed by atoms with Crippen LogP contribution >= 0.6 is 0 Å². The number of rotatable bonds is 6. The monoisotopic (exact) mass is 298 g/mol. The fourth-order valence-corrected chi connectivity index (χ4v) is 1.76. The number of hydrogen-bond donors (Lipinski definition) is 1. The lowest BCUT2D eigenvalue weighted by atomic mass is 10.1. The average molecular weight is 298 g/mol. The molecule has 112 valence electrons. The second-order valence-corrected chi connectivity index (χ2v) is 4.39. The maximum absolute atomic E-state index is 11.6. The maximum Gasteiger partial charge on any atom is 0.276 e. The number of nitrogens with one attached hydrogen (secondary N) is 1. The van der Waals surface area contributed by atoms with Crippen LogP contribution in [-0.4, -0.2) is 10.8 Å². The molecule has 0 spiro atoms. The molecule has 0 atom stereocenters. The summed E-state index contributed by atoms with van der Waals surface area (Å²) in [5, 5.41) is 10.8. The van der Waals surface area contributed by atoms with Gasteiger partial charge in [-0.25, -0.2) is 5.48 Å². The van der Waals surface area contributed by atoms with Gasteiger partial charge in [0, 0.05) is 12.1 Å². The predicted molar refractivity (Wildman–Crippen MR) is 81.5 cm³/mol. The number of nitro benzene ring substituents is 1. The molecule has 6 nitrogen and oxygen atoms in total. The minimum atomic E-state index is -0.497. The Balaban J connectivity index is 1.88. The van der Waals surface area contributed by atoms with Gasteiger partial charge in [0.2, 0.25) is 0 Å². The molecule has 1 amide bonds. The van der Waals surface area contributed by atoms with Gasteiger partial charge in [-0.1, -0.05) is 42.5 Å². The SMILES string of the molecule is O=C(/C=C/c1ccccc1[N+](=O)[O-])NOCc1ccccc1. The molecule has 0 saturated heterocycles. The molecule has 2 aromatic rings. The molecule has 2 rings (SSSR count). The molecule has 0 heterocycles. The summed E-state index contributed by atoms with van der Waals surface area (Å²) in [5.41, 5.74) is 3.47. The van der Waals surface area contributed by atoms with E-state index in [0.717, 1.165) is 5.56 Å². The lowest BCUT2D eigenvalue weighted by Gasteiger charge is -2.03. The molecule has 0 saturated carbocycles. The topological polar surface area (TPSA) is 81.5 Å². The fourth-order valence-electron chi connectivity index (χ4n) is 1.76. The first-order valence-electron chi connectivity index (χ1n) is 6.54. The standard InChI is InChI=1S/C16H14N2O4/c19-16(17-22-12-13-6-2-1-3-7-13)11-10-14-8-4-5-9-15(14)18(20)21/h1-11H,12H2,(H,17,19)/b11-10+. The normalized spacial score (nSPS) is 10.5. The van der Waals surface area contributed by atoms with Crippen molar-refractivity contribution in [2.45, 2.75) is 6.61 Å². The molecule has 0 aromatic heterocycles. The number of amides is 1. The number of hydroxylamine groups is 1. The van der Waals surface area contributed by atoms with Gasteiger partial charge in [-0.3, -0.25) is 19.7 Å². The Morgan fingerprint density at radius 3 is 2.55 bits per heavy atom. The number of nitro groups is 1. The highest BCUT2D eigenvalue weighted by Gasteiger charge is 2.09. The van der Waals surface area contributed by atoms with Gasteiger partial charge in [0.15, 0.2) is 0 Å². The third kappa shape index (κ3) is 4.53. The van der Waals surface area contributed by atoms with E-state index in [1.54, 1.807) is 18.2 Å². The van der Waals surface area contributed by atoms with Crippen LogP contribution in [0.3, 0.4) is 0 Å². The van der Waals surface area contributed by atoms with E-state index in [2.05, 4.69) is 5.48 Å². The third-order valence-electron chi connectivity index (χ3n) is 2.80. The summed E-state index contributed by atoms with van der Waals surface area (Å²) in [4.78, 5) is 27.0. The van der Waals surface area contributed by atoms with E-state index >= 15 is 0 Å². The van der Waals surface area contributed by atoms with Gasteiger partial charge in [0.25, 0.3) is 11.6 Å². The highest BCUT2D eigenvalue weighted by molar-refractivity contribution is 5.91. The highest BCUT2D eigenvalue weighted by Crippen LogP contribution is 2.18. The average Bonchev–Trinajstić information content (AvgIpc) is 2.54. The molecule has 22 heavy (non-hydrogen) atoms.